The molecular formula is C13H15F2NO5. The van der Waals surface area contributed by atoms with Gasteiger partial charge in [0, 0.05) is 7.05 Å². The van der Waals surface area contributed by atoms with Crippen molar-refractivity contribution >= 4 is 11.9 Å². The van der Waals surface area contributed by atoms with Crippen LogP contribution >= 0.6 is 0 Å². The van der Waals surface area contributed by atoms with Crippen molar-refractivity contribution in [3.8, 4) is 11.5 Å². The zero-order valence-corrected chi connectivity index (χ0v) is 11.7. The standard InChI is InChI=1S/C13H15F2NO5/c1-7(12(18)19)16(2)11(17)8-5-4-6-9(20-3)10(8)21-13(14)15/h4-7,13H,1-3H3,(H,18,19). The monoisotopic (exact) mass is 303 g/mol. The third kappa shape index (κ3) is 3.80. The Morgan fingerprint density at radius 3 is 2.43 bits per heavy atom. The summed E-state index contributed by atoms with van der Waals surface area (Å²) < 4.78 is 34.1. The van der Waals surface area contributed by atoms with Crippen molar-refractivity contribution in [2.24, 2.45) is 0 Å². The topological polar surface area (TPSA) is 76.1 Å². The van der Waals surface area contributed by atoms with E-state index in [0.29, 0.717) is 0 Å². The van der Waals surface area contributed by atoms with Gasteiger partial charge in [0.1, 0.15) is 6.04 Å². The average molecular weight is 303 g/mol. The number of ether oxygens (including phenoxy) is 2. The summed E-state index contributed by atoms with van der Waals surface area (Å²) in [5.41, 5.74) is -0.203. The van der Waals surface area contributed by atoms with Crippen molar-refractivity contribution in [3.63, 3.8) is 0 Å². The van der Waals surface area contributed by atoms with E-state index in [1.165, 1.54) is 39.3 Å². The fourth-order valence-corrected chi connectivity index (χ4v) is 1.59. The first-order valence-electron chi connectivity index (χ1n) is 5.91. The molecule has 0 bridgehead atoms. The van der Waals surface area contributed by atoms with Gasteiger partial charge in [0.2, 0.25) is 0 Å². The number of carbonyl (C=O) groups is 2. The second-order valence-corrected chi connectivity index (χ2v) is 4.15. The molecular weight excluding hydrogens is 288 g/mol. The summed E-state index contributed by atoms with van der Waals surface area (Å²) in [6.45, 7) is -1.84. The minimum atomic E-state index is -3.14. The van der Waals surface area contributed by atoms with Gasteiger partial charge < -0.3 is 19.5 Å². The maximum atomic E-state index is 12.5. The third-order valence-corrected chi connectivity index (χ3v) is 2.89. The van der Waals surface area contributed by atoms with E-state index in [-0.39, 0.29) is 11.3 Å². The molecule has 1 amide bonds. The van der Waals surface area contributed by atoms with Crippen molar-refractivity contribution in [3.05, 3.63) is 23.8 Å². The Morgan fingerprint density at radius 1 is 1.33 bits per heavy atom. The Morgan fingerprint density at radius 2 is 1.95 bits per heavy atom. The summed E-state index contributed by atoms with van der Waals surface area (Å²) in [6, 6.07) is 2.91. The number of para-hydroxylation sites is 1. The molecule has 0 fully saturated rings. The Hall–Kier alpha value is -2.38. The highest BCUT2D eigenvalue weighted by Gasteiger charge is 2.27. The molecule has 0 heterocycles. The summed E-state index contributed by atoms with van der Waals surface area (Å²) in [6.07, 6.45) is 0. The van der Waals surface area contributed by atoms with Crippen molar-refractivity contribution < 1.29 is 33.0 Å². The van der Waals surface area contributed by atoms with Gasteiger partial charge in [-0.1, -0.05) is 6.07 Å². The molecule has 21 heavy (non-hydrogen) atoms. The first kappa shape index (κ1) is 16.7. The lowest BCUT2D eigenvalue weighted by atomic mass is 10.1. The van der Waals surface area contributed by atoms with Gasteiger partial charge in [0.15, 0.2) is 11.5 Å². The van der Waals surface area contributed by atoms with E-state index >= 15 is 0 Å². The van der Waals surface area contributed by atoms with Gasteiger partial charge >= 0.3 is 12.6 Å². The summed E-state index contributed by atoms with van der Waals surface area (Å²) >= 11 is 0. The van der Waals surface area contributed by atoms with E-state index in [0.717, 1.165) is 4.90 Å². The number of hydrogen-bond donors (Lipinski definition) is 1. The molecule has 0 aromatic heterocycles. The second-order valence-electron chi connectivity index (χ2n) is 4.15. The van der Waals surface area contributed by atoms with Crippen molar-refractivity contribution in [1.82, 2.24) is 4.90 Å². The number of alkyl halides is 2. The van der Waals surface area contributed by atoms with Crippen LogP contribution in [0.3, 0.4) is 0 Å². The molecule has 0 radical (unpaired) electrons. The van der Waals surface area contributed by atoms with Crippen LogP contribution in [0.5, 0.6) is 11.5 Å². The zero-order valence-electron chi connectivity index (χ0n) is 11.7. The molecule has 0 saturated carbocycles. The molecule has 0 saturated heterocycles. The highest BCUT2D eigenvalue weighted by Crippen LogP contribution is 2.33. The van der Waals surface area contributed by atoms with Gasteiger partial charge in [-0.05, 0) is 19.1 Å². The largest absolute Gasteiger partial charge is 0.493 e. The molecule has 6 nitrogen and oxygen atoms in total. The molecule has 1 atom stereocenters. The number of carboxylic acid groups (broad SMARTS) is 1. The fourth-order valence-electron chi connectivity index (χ4n) is 1.59. The van der Waals surface area contributed by atoms with E-state index in [2.05, 4.69) is 4.74 Å². The number of carbonyl (C=O) groups excluding carboxylic acids is 1. The lowest BCUT2D eigenvalue weighted by molar-refractivity contribution is -0.141. The van der Waals surface area contributed by atoms with Crippen molar-refractivity contribution in [2.45, 2.75) is 19.6 Å². The van der Waals surface area contributed by atoms with Crippen LogP contribution in [0.2, 0.25) is 0 Å². The molecule has 116 valence electrons. The minimum absolute atomic E-state index is 0.0440. The smallest absolute Gasteiger partial charge is 0.387 e. The van der Waals surface area contributed by atoms with Crippen LogP contribution in [0.4, 0.5) is 8.78 Å². The molecule has 8 heteroatoms. The van der Waals surface area contributed by atoms with Gasteiger partial charge in [0.25, 0.3) is 5.91 Å². The normalized spacial score (nSPS) is 11.9. The van der Waals surface area contributed by atoms with E-state index in [1.54, 1.807) is 0 Å². The van der Waals surface area contributed by atoms with Crippen LogP contribution in [-0.2, 0) is 4.79 Å². The average Bonchev–Trinajstić information content (AvgIpc) is 2.44. The summed E-state index contributed by atoms with van der Waals surface area (Å²) in [7, 11) is 2.50. The number of nitrogens with zero attached hydrogens (tertiary/aromatic N) is 1. The lowest BCUT2D eigenvalue weighted by Gasteiger charge is -2.23. The predicted molar refractivity (Wildman–Crippen MR) is 68.8 cm³/mol. The molecule has 1 rings (SSSR count). The van der Waals surface area contributed by atoms with Gasteiger partial charge in [-0.15, -0.1) is 0 Å². The number of hydrogen-bond acceptors (Lipinski definition) is 4. The predicted octanol–water partition coefficient (Wildman–Crippen LogP) is 1.84. The Balaban J connectivity index is 3.22. The third-order valence-electron chi connectivity index (χ3n) is 2.89. The number of carboxylic acids is 1. The molecule has 0 aliphatic carbocycles. The van der Waals surface area contributed by atoms with Gasteiger partial charge in [-0.3, -0.25) is 4.79 Å². The SMILES string of the molecule is COc1cccc(C(=O)N(C)C(C)C(=O)O)c1OC(F)F. The Labute approximate surface area is 119 Å². The van der Waals surface area contributed by atoms with Gasteiger partial charge in [-0.2, -0.15) is 8.78 Å². The van der Waals surface area contributed by atoms with Crippen LogP contribution in [0.1, 0.15) is 17.3 Å². The molecule has 1 aromatic rings. The van der Waals surface area contributed by atoms with Crippen molar-refractivity contribution in [1.29, 1.82) is 0 Å². The number of aliphatic carboxylic acids is 1. The fraction of sp³-hybridized carbons (Fsp3) is 0.385. The van der Waals surface area contributed by atoms with Crippen LogP contribution in [-0.4, -0.2) is 48.7 Å². The molecule has 0 aliphatic rings. The highest BCUT2D eigenvalue weighted by molar-refractivity contribution is 5.99. The van der Waals surface area contributed by atoms with Crippen molar-refractivity contribution in [2.75, 3.05) is 14.2 Å². The van der Waals surface area contributed by atoms with E-state index in [9.17, 15) is 18.4 Å². The summed E-state index contributed by atoms with van der Waals surface area (Å²) in [5, 5.41) is 8.89. The zero-order chi connectivity index (χ0) is 16.2. The van der Waals surface area contributed by atoms with Crippen LogP contribution in [0.15, 0.2) is 18.2 Å². The Kier molecular flexibility index (Phi) is 5.45. The molecule has 0 aliphatic heterocycles. The minimum Gasteiger partial charge on any atom is -0.493 e. The first-order valence-corrected chi connectivity index (χ1v) is 5.91. The maximum Gasteiger partial charge on any atom is 0.387 e. The Bertz CT molecular complexity index is 535. The number of benzene rings is 1. The van der Waals surface area contributed by atoms with Crippen LogP contribution in [0, 0.1) is 0 Å². The molecule has 1 aromatic carbocycles. The number of likely N-dealkylation sites (N-methyl/N-ethyl adjacent to an activating group) is 1. The van der Waals surface area contributed by atoms with E-state index in [1.807, 2.05) is 0 Å². The molecule has 1 N–H and O–H groups in total. The first-order chi connectivity index (χ1) is 9.79. The maximum absolute atomic E-state index is 12.5. The van der Waals surface area contributed by atoms with E-state index < -0.39 is 30.3 Å². The summed E-state index contributed by atoms with van der Waals surface area (Å²) in [4.78, 5) is 24.0. The number of rotatable bonds is 6. The van der Waals surface area contributed by atoms with E-state index in [4.69, 9.17) is 9.84 Å². The number of methoxy groups -OCH3 is 1. The van der Waals surface area contributed by atoms with Crippen LogP contribution < -0.4 is 9.47 Å². The quantitative estimate of drug-likeness (QED) is 0.868. The van der Waals surface area contributed by atoms with Gasteiger partial charge in [0.05, 0.1) is 12.7 Å². The number of halogens is 2. The molecule has 0 spiro atoms. The second kappa shape index (κ2) is 6.87. The van der Waals surface area contributed by atoms with Crippen LogP contribution in [0.25, 0.3) is 0 Å². The summed E-state index contributed by atoms with van der Waals surface area (Å²) in [5.74, 6) is -2.45. The lowest BCUT2D eigenvalue weighted by Crippen LogP contribution is -2.40. The molecule has 1 unspecified atom stereocenters. The highest BCUT2D eigenvalue weighted by atomic mass is 19.3. The van der Waals surface area contributed by atoms with Gasteiger partial charge in [-0.25, -0.2) is 4.79 Å². The number of amides is 1.